The molecule has 2 nitrogen and oxygen atoms in total. The van der Waals surface area contributed by atoms with Crippen molar-refractivity contribution in [2.75, 3.05) is 20.6 Å². The summed E-state index contributed by atoms with van der Waals surface area (Å²) >= 11 is 0. The first-order chi connectivity index (χ1) is 9.67. The van der Waals surface area contributed by atoms with Gasteiger partial charge in [0.15, 0.2) is 0 Å². The molecular weight excluding hydrogens is 244 g/mol. The number of nitrogens with one attached hydrogen (secondary N) is 1. The summed E-state index contributed by atoms with van der Waals surface area (Å²) in [4.78, 5) is 2.52. The quantitative estimate of drug-likeness (QED) is 0.558. The Kier molecular flexibility index (Phi) is 8.79. The van der Waals surface area contributed by atoms with Crippen LogP contribution in [0.3, 0.4) is 0 Å². The minimum absolute atomic E-state index is 0.430. The van der Waals surface area contributed by atoms with E-state index in [1.807, 2.05) is 0 Å². The zero-order valence-corrected chi connectivity index (χ0v) is 14.5. The largest absolute Gasteiger partial charge is 0.312 e. The second-order valence-electron chi connectivity index (χ2n) is 6.87. The smallest absolute Gasteiger partial charge is 0.0356 e. The molecule has 1 N–H and O–H groups in total. The van der Waals surface area contributed by atoms with E-state index < -0.39 is 0 Å². The standard InChI is InChI=1S/C18H38N2/c1-5-7-8-9-10-11-14-17(19-6-2)18(20(3)4)15-12-13-16-18/h17,19H,5-16H2,1-4H3. The summed E-state index contributed by atoms with van der Waals surface area (Å²) in [6, 6.07) is 0.691. The van der Waals surface area contributed by atoms with E-state index in [1.165, 1.54) is 70.6 Å². The molecule has 0 amide bonds. The van der Waals surface area contributed by atoms with E-state index in [0.29, 0.717) is 11.6 Å². The maximum atomic E-state index is 3.81. The topological polar surface area (TPSA) is 15.3 Å². The fraction of sp³-hybridized carbons (Fsp3) is 1.00. The highest BCUT2D eigenvalue weighted by Gasteiger charge is 2.42. The Labute approximate surface area is 127 Å². The highest BCUT2D eigenvalue weighted by molar-refractivity contribution is 5.01. The van der Waals surface area contributed by atoms with Crippen molar-refractivity contribution in [1.29, 1.82) is 0 Å². The van der Waals surface area contributed by atoms with Gasteiger partial charge in [0.1, 0.15) is 0 Å². The molecule has 1 aliphatic carbocycles. The van der Waals surface area contributed by atoms with Crippen LogP contribution in [0.5, 0.6) is 0 Å². The van der Waals surface area contributed by atoms with Gasteiger partial charge in [0.2, 0.25) is 0 Å². The van der Waals surface area contributed by atoms with Crippen molar-refractivity contribution in [3.8, 4) is 0 Å². The van der Waals surface area contributed by atoms with E-state index in [1.54, 1.807) is 0 Å². The summed E-state index contributed by atoms with van der Waals surface area (Å²) in [5.74, 6) is 0. The summed E-state index contributed by atoms with van der Waals surface area (Å²) < 4.78 is 0. The van der Waals surface area contributed by atoms with Gasteiger partial charge in [-0.1, -0.05) is 65.2 Å². The molecule has 0 radical (unpaired) electrons. The Morgan fingerprint density at radius 2 is 1.55 bits per heavy atom. The zero-order chi connectivity index (χ0) is 14.8. The van der Waals surface area contributed by atoms with Gasteiger partial charge in [-0.2, -0.15) is 0 Å². The summed E-state index contributed by atoms with van der Waals surface area (Å²) in [5.41, 5.74) is 0.430. The van der Waals surface area contributed by atoms with Crippen LogP contribution in [0, 0.1) is 0 Å². The summed E-state index contributed by atoms with van der Waals surface area (Å²) in [6.45, 7) is 5.66. The molecule has 0 aromatic rings. The van der Waals surface area contributed by atoms with Crippen LogP contribution in [0.4, 0.5) is 0 Å². The van der Waals surface area contributed by atoms with Gasteiger partial charge in [0.25, 0.3) is 0 Å². The average molecular weight is 283 g/mol. The lowest BCUT2D eigenvalue weighted by Gasteiger charge is -2.44. The molecule has 120 valence electrons. The molecule has 0 aromatic carbocycles. The summed E-state index contributed by atoms with van der Waals surface area (Å²) in [5, 5.41) is 3.81. The van der Waals surface area contributed by atoms with Gasteiger partial charge < -0.3 is 10.2 Å². The van der Waals surface area contributed by atoms with E-state index in [2.05, 4.69) is 38.2 Å². The molecule has 1 rings (SSSR count). The maximum absolute atomic E-state index is 3.81. The first-order valence-electron chi connectivity index (χ1n) is 9.08. The van der Waals surface area contributed by atoms with Crippen LogP contribution in [-0.2, 0) is 0 Å². The third-order valence-electron chi connectivity index (χ3n) is 5.31. The molecule has 1 unspecified atom stereocenters. The van der Waals surface area contributed by atoms with Gasteiger partial charge in [-0.05, 0) is 39.9 Å². The molecule has 1 saturated carbocycles. The second-order valence-corrected chi connectivity index (χ2v) is 6.87. The molecule has 0 spiro atoms. The lowest BCUT2D eigenvalue weighted by Crippen LogP contribution is -2.57. The zero-order valence-electron chi connectivity index (χ0n) is 14.5. The third-order valence-corrected chi connectivity index (χ3v) is 5.31. The van der Waals surface area contributed by atoms with E-state index >= 15 is 0 Å². The second kappa shape index (κ2) is 9.78. The molecule has 0 heterocycles. The van der Waals surface area contributed by atoms with Gasteiger partial charge in [-0.3, -0.25) is 0 Å². The molecule has 0 aromatic heterocycles. The van der Waals surface area contributed by atoms with Crippen molar-refractivity contribution >= 4 is 0 Å². The SMILES string of the molecule is CCCCCCCCC(NCC)C1(N(C)C)CCCC1. The van der Waals surface area contributed by atoms with Crippen LogP contribution in [-0.4, -0.2) is 37.1 Å². The average Bonchev–Trinajstić information content (AvgIpc) is 2.92. The lowest BCUT2D eigenvalue weighted by atomic mass is 9.83. The van der Waals surface area contributed by atoms with Crippen LogP contribution in [0.2, 0.25) is 0 Å². The number of likely N-dealkylation sites (N-methyl/N-ethyl adjacent to an activating group) is 2. The Bertz CT molecular complexity index is 232. The molecule has 0 aliphatic heterocycles. The number of hydrogen-bond donors (Lipinski definition) is 1. The molecule has 1 aliphatic rings. The number of hydrogen-bond acceptors (Lipinski definition) is 2. The van der Waals surface area contributed by atoms with Gasteiger partial charge in [0.05, 0.1) is 0 Å². The predicted molar refractivity (Wildman–Crippen MR) is 90.3 cm³/mol. The highest BCUT2D eigenvalue weighted by atomic mass is 15.2. The van der Waals surface area contributed by atoms with E-state index in [9.17, 15) is 0 Å². The van der Waals surface area contributed by atoms with Crippen molar-refractivity contribution in [3.63, 3.8) is 0 Å². The van der Waals surface area contributed by atoms with Crippen LogP contribution >= 0.6 is 0 Å². The number of nitrogens with zero attached hydrogens (tertiary/aromatic N) is 1. The molecule has 1 atom stereocenters. The first-order valence-corrected chi connectivity index (χ1v) is 9.08. The minimum Gasteiger partial charge on any atom is -0.312 e. The molecular formula is C18H38N2. The molecule has 0 saturated heterocycles. The van der Waals surface area contributed by atoms with Crippen molar-refractivity contribution in [3.05, 3.63) is 0 Å². The van der Waals surface area contributed by atoms with E-state index in [-0.39, 0.29) is 0 Å². The first kappa shape index (κ1) is 18.0. The van der Waals surface area contributed by atoms with Crippen molar-refractivity contribution < 1.29 is 0 Å². The Morgan fingerprint density at radius 3 is 2.10 bits per heavy atom. The highest BCUT2D eigenvalue weighted by Crippen LogP contribution is 2.38. The van der Waals surface area contributed by atoms with Crippen molar-refractivity contribution in [1.82, 2.24) is 10.2 Å². The van der Waals surface area contributed by atoms with Gasteiger partial charge in [-0.15, -0.1) is 0 Å². The molecule has 1 fully saturated rings. The minimum atomic E-state index is 0.430. The van der Waals surface area contributed by atoms with Crippen LogP contribution in [0.1, 0.15) is 84.5 Å². The van der Waals surface area contributed by atoms with Gasteiger partial charge >= 0.3 is 0 Å². The van der Waals surface area contributed by atoms with Crippen molar-refractivity contribution in [2.45, 2.75) is 96.1 Å². The fourth-order valence-corrected chi connectivity index (χ4v) is 4.03. The van der Waals surface area contributed by atoms with Gasteiger partial charge in [0, 0.05) is 11.6 Å². The molecule has 2 heteroatoms. The monoisotopic (exact) mass is 282 g/mol. The Morgan fingerprint density at radius 1 is 0.950 bits per heavy atom. The maximum Gasteiger partial charge on any atom is 0.0356 e. The normalized spacial score (nSPS) is 19.6. The Hall–Kier alpha value is -0.0800. The summed E-state index contributed by atoms with van der Waals surface area (Å²) in [7, 11) is 4.58. The molecule has 0 bridgehead atoms. The Balaban J connectivity index is 2.42. The lowest BCUT2D eigenvalue weighted by molar-refractivity contribution is 0.0992. The van der Waals surface area contributed by atoms with Crippen LogP contribution < -0.4 is 5.32 Å². The third kappa shape index (κ3) is 5.04. The van der Waals surface area contributed by atoms with Crippen LogP contribution in [0.15, 0.2) is 0 Å². The van der Waals surface area contributed by atoms with Gasteiger partial charge in [-0.25, -0.2) is 0 Å². The fourth-order valence-electron chi connectivity index (χ4n) is 4.03. The number of unbranched alkanes of at least 4 members (excludes halogenated alkanes) is 5. The van der Waals surface area contributed by atoms with Crippen LogP contribution in [0.25, 0.3) is 0 Å². The summed E-state index contributed by atoms with van der Waals surface area (Å²) in [6.07, 6.45) is 15.4. The van der Waals surface area contributed by atoms with E-state index in [4.69, 9.17) is 0 Å². The van der Waals surface area contributed by atoms with Crippen molar-refractivity contribution in [2.24, 2.45) is 0 Å². The number of rotatable bonds is 11. The predicted octanol–water partition coefficient (Wildman–Crippen LogP) is 4.59. The van der Waals surface area contributed by atoms with E-state index in [0.717, 1.165) is 6.54 Å². The molecule has 20 heavy (non-hydrogen) atoms.